The van der Waals surface area contributed by atoms with Crippen molar-refractivity contribution in [2.75, 3.05) is 11.6 Å². The normalized spacial score (nSPS) is 13.8. The Bertz CT molecular complexity index is 919. The molecule has 4 rings (SSSR count). The van der Waals surface area contributed by atoms with E-state index < -0.39 is 0 Å². The van der Waals surface area contributed by atoms with E-state index in [1.165, 1.54) is 6.07 Å². The lowest BCUT2D eigenvalue weighted by Crippen LogP contribution is -2.32. The van der Waals surface area contributed by atoms with E-state index >= 15 is 0 Å². The summed E-state index contributed by atoms with van der Waals surface area (Å²) < 4.78 is 12.2. The summed E-state index contributed by atoms with van der Waals surface area (Å²) in [5.74, 6) is 0.771. The molecule has 1 aliphatic rings. The molecular weight excluding hydrogens is 346 g/mol. The summed E-state index contributed by atoms with van der Waals surface area (Å²) in [7, 11) is 0. The molecule has 0 radical (unpaired) electrons. The highest BCUT2D eigenvalue weighted by molar-refractivity contribution is 9.10. The van der Waals surface area contributed by atoms with Crippen molar-refractivity contribution in [1.29, 1.82) is 0 Å². The summed E-state index contributed by atoms with van der Waals surface area (Å²) in [5, 5.41) is 0.901. The van der Waals surface area contributed by atoms with E-state index in [2.05, 4.69) is 20.8 Å². The zero-order chi connectivity index (χ0) is 15.1. The number of hydrogen-bond donors (Lipinski definition) is 0. The first-order chi connectivity index (χ1) is 10.7. The Balaban J connectivity index is 1.82. The van der Waals surface area contributed by atoms with Crippen molar-refractivity contribution < 1.29 is 9.15 Å². The first kappa shape index (κ1) is 13.4. The van der Waals surface area contributed by atoms with Gasteiger partial charge >= 0.3 is 5.63 Å². The summed E-state index contributed by atoms with van der Waals surface area (Å²) in [6.45, 7) is 1.10. The number of ether oxygens (including phenoxy) is 1. The van der Waals surface area contributed by atoms with Crippen LogP contribution in [0.5, 0.6) is 5.75 Å². The van der Waals surface area contributed by atoms with Gasteiger partial charge in [-0.25, -0.2) is 4.79 Å². The number of hydrogen-bond acceptors (Lipinski definition) is 4. The topological polar surface area (TPSA) is 42.7 Å². The average Bonchev–Trinajstić information content (AvgIpc) is 2.54. The number of anilines is 1. The van der Waals surface area contributed by atoms with Gasteiger partial charge in [0.1, 0.15) is 11.3 Å². The minimum atomic E-state index is -0.347. The van der Waals surface area contributed by atoms with Crippen LogP contribution >= 0.6 is 15.9 Å². The molecule has 0 atom stereocenters. The molecule has 0 spiro atoms. The van der Waals surface area contributed by atoms with Gasteiger partial charge in [0.25, 0.3) is 0 Å². The van der Waals surface area contributed by atoms with Gasteiger partial charge in [0.15, 0.2) is 6.73 Å². The summed E-state index contributed by atoms with van der Waals surface area (Å²) >= 11 is 3.48. The lowest BCUT2D eigenvalue weighted by Gasteiger charge is -2.31. The molecule has 0 fully saturated rings. The largest absolute Gasteiger partial charge is 0.473 e. The van der Waals surface area contributed by atoms with Crippen molar-refractivity contribution in [3.63, 3.8) is 0 Å². The summed E-state index contributed by atoms with van der Waals surface area (Å²) in [5.41, 5.74) is 2.21. The van der Waals surface area contributed by atoms with Crippen molar-refractivity contribution in [2.24, 2.45) is 0 Å². The highest BCUT2D eigenvalue weighted by atomic mass is 79.9. The van der Waals surface area contributed by atoms with E-state index in [9.17, 15) is 4.79 Å². The Morgan fingerprint density at radius 2 is 1.95 bits per heavy atom. The predicted octanol–water partition coefficient (Wildman–Crippen LogP) is 3.91. The van der Waals surface area contributed by atoms with Gasteiger partial charge in [0.05, 0.1) is 12.1 Å². The summed E-state index contributed by atoms with van der Waals surface area (Å²) in [6, 6.07) is 15.1. The third kappa shape index (κ3) is 2.27. The van der Waals surface area contributed by atoms with Crippen molar-refractivity contribution in [2.45, 2.75) is 6.54 Å². The second kappa shape index (κ2) is 5.18. The van der Waals surface area contributed by atoms with Crippen LogP contribution in [0.2, 0.25) is 0 Å². The van der Waals surface area contributed by atoms with Crippen molar-refractivity contribution >= 4 is 32.6 Å². The minimum absolute atomic E-state index is 0.347. The molecular formula is C17H12BrNO3. The monoisotopic (exact) mass is 357 g/mol. The van der Waals surface area contributed by atoms with Gasteiger partial charge in [0.2, 0.25) is 0 Å². The number of halogens is 1. The Kier molecular flexibility index (Phi) is 3.15. The molecule has 22 heavy (non-hydrogen) atoms. The zero-order valence-electron chi connectivity index (χ0n) is 11.6. The Morgan fingerprint density at radius 3 is 2.82 bits per heavy atom. The van der Waals surface area contributed by atoms with E-state index in [-0.39, 0.29) is 5.63 Å². The molecule has 0 saturated carbocycles. The molecule has 3 aromatic rings. The van der Waals surface area contributed by atoms with Crippen LogP contribution in [0.4, 0.5) is 5.69 Å². The molecule has 0 saturated heterocycles. The molecule has 0 N–H and O–H groups in total. The molecule has 0 bridgehead atoms. The van der Waals surface area contributed by atoms with Crippen LogP contribution in [0.3, 0.4) is 0 Å². The lowest BCUT2D eigenvalue weighted by molar-refractivity contribution is 0.289. The average molecular weight is 358 g/mol. The third-order valence-electron chi connectivity index (χ3n) is 3.75. The van der Waals surface area contributed by atoms with Crippen LogP contribution in [0, 0.1) is 0 Å². The molecule has 1 aliphatic heterocycles. The van der Waals surface area contributed by atoms with Crippen LogP contribution in [0.15, 0.2) is 62.2 Å². The van der Waals surface area contributed by atoms with Crippen LogP contribution in [-0.2, 0) is 6.54 Å². The first-order valence-electron chi connectivity index (χ1n) is 6.90. The van der Waals surface area contributed by atoms with Gasteiger partial charge in [-0.05, 0) is 36.4 Å². The van der Waals surface area contributed by atoms with Crippen molar-refractivity contribution in [3.05, 3.63) is 69.0 Å². The molecule has 1 aromatic heterocycles. The van der Waals surface area contributed by atoms with Crippen molar-refractivity contribution in [3.8, 4) is 5.75 Å². The fraction of sp³-hybridized carbons (Fsp3) is 0.118. The van der Waals surface area contributed by atoms with Gasteiger partial charge in [-0.2, -0.15) is 0 Å². The van der Waals surface area contributed by atoms with E-state index in [4.69, 9.17) is 9.15 Å². The Morgan fingerprint density at radius 1 is 1.09 bits per heavy atom. The SMILES string of the molecule is O=c1ccc2ccc3c(c2o1)CN(c1cccc(Br)c1)CO3. The Labute approximate surface area is 135 Å². The second-order valence-corrected chi connectivity index (χ2v) is 6.08. The van der Waals surface area contributed by atoms with Crippen LogP contribution in [0.25, 0.3) is 11.0 Å². The Hall–Kier alpha value is -2.27. The van der Waals surface area contributed by atoms with Gasteiger partial charge in [-0.15, -0.1) is 0 Å². The fourth-order valence-corrected chi connectivity index (χ4v) is 3.07. The molecule has 5 heteroatoms. The number of fused-ring (bicyclic) bond motifs is 3. The predicted molar refractivity (Wildman–Crippen MR) is 88.3 cm³/mol. The highest BCUT2D eigenvalue weighted by Gasteiger charge is 2.21. The van der Waals surface area contributed by atoms with Crippen molar-refractivity contribution in [1.82, 2.24) is 0 Å². The molecule has 2 aromatic carbocycles. The maximum Gasteiger partial charge on any atom is 0.336 e. The van der Waals surface area contributed by atoms with Crippen LogP contribution < -0.4 is 15.3 Å². The second-order valence-electron chi connectivity index (χ2n) is 5.17. The quantitative estimate of drug-likeness (QED) is 0.619. The molecule has 110 valence electrons. The zero-order valence-corrected chi connectivity index (χ0v) is 13.2. The maximum atomic E-state index is 11.5. The van der Waals surface area contributed by atoms with E-state index in [1.807, 2.05) is 36.4 Å². The van der Waals surface area contributed by atoms with E-state index in [0.717, 1.165) is 26.9 Å². The number of benzene rings is 2. The van der Waals surface area contributed by atoms with Gasteiger partial charge < -0.3 is 14.1 Å². The summed E-state index contributed by atoms with van der Waals surface area (Å²) in [4.78, 5) is 13.6. The molecule has 0 unspecified atom stereocenters. The van der Waals surface area contributed by atoms with E-state index in [0.29, 0.717) is 18.9 Å². The van der Waals surface area contributed by atoms with Crippen LogP contribution in [0.1, 0.15) is 5.56 Å². The molecule has 0 aliphatic carbocycles. The lowest BCUT2D eigenvalue weighted by atomic mass is 10.1. The highest BCUT2D eigenvalue weighted by Crippen LogP contribution is 2.33. The minimum Gasteiger partial charge on any atom is -0.473 e. The first-order valence-corrected chi connectivity index (χ1v) is 7.69. The summed E-state index contributed by atoms with van der Waals surface area (Å²) in [6.07, 6.45) is 0. The van der Waals surface area contributed by atoms with E-state index in [1.54, 1.807) is 6.07 Å². The molecule has 0 amide bonds. The fourth-order valence-electron chi connectivity index (χ4n) is 2.68. The number of rotatable bonds is 1. The number of nitrogens with zero attached hydrogens (tertiary/aromatic N) is 1. The third-order valence-corrected chi connectivity index (χ3v) is 4.24. The molecule has 4 nitrogen and oxygen atoms in total. The van der Waals surface area contributed by atoms with Crippen LogP contribution in [-0.4, -0.2) is 6.73 Å². The molecule has 2 heterocycles. The van der Waals surface area contributed by atoms with Gasteiger partial charge in [-0.3, -0.25) is 0 Å². The van der Waals surface area contributed by atoms with Gasteiger partial charge in [0, 0.05) is 21.6 Å². The standard InChI is InChI=1S/C17H12BrNO3/c18-12-2-1-3-13(8-12)19-9-14-15(21-10-19)6-4-11-5-7-16(20)22-17(11)14/h1-8H,9-10H2. The maximum absolute atomic E-state index is 11.5. The smallest absolute Gasteiger partial charge is 0.336 e. The van der Waals surface area contributed by atoms with Gasteiger partial charge in [-0.1, -0.05) is 22.0 Å².